The molecule has 0 aliphatic carbocycles. The molecule has 0 amide bonds. The lowest BCUT2D eigenvalue weighted by Crippen LogP contribution is -2.26. The molecule has 1 heterocycles. The number of benzene rings is 1. The molecule has 1 aliphatic rings. The van der Waals surface area contributed by atoms with Crippen LogP contribution in [0.15, 0.2) is 18.2 Å². The molecule has 1 aliphatic heterocycles. The summed E-state index contributed by atoms with van der Waals surface area (Å²) < 4.78 is 23.3. The minimum atomic E-state index is -0.631. The van der Waals surface area contributed by atoms with Crippen molar-refractivity contribution in [1.82, 2.24) is 0 Å². The highest BCUT2D eigenvalue weighted by Crippen LogP contribution is 2.39. The van der Waals surface area contributed by atoms with E-state index in [1.165, 1.54) is 0 Å². The summed E-state index contributed by atoms with van der Waals surface area (Å²) in [5, 5.41) is 0. The number of hydrogen-bond acceptors (Lipinski definition) is 4. The normalized spacial score (nSPS) is 16.9. The van der Waals surface area contributed by atoms with E-state index in [0.717, 1.165) is 36.3 Å². The molecule has 0 spiro atoms. The minimum absolute atomic E-state index is 0.631. The van der Waals surface area contributed by atoms with Gasteiger partial charge in [-0.15, -0.1) is 0 Å². The molecule has 21 heavy (non-hydrogen) atoms. The van der Waals surface area contributed by atoms with Crippen molar-refractivity contribution in [2.45, 2.75) is 45.8 Å². The molecular weight excluding hydrogens is 268 g/mol. The smallest absolute Gasteiger partial charge is 0.194 e. The lowest BCUT2D eigenvalue weighted by Gasteiger charge is -2.27. The van der Waals surface area contributed by atoms with Gasteiger partial charge in [0, 0.05) is 12.0 Å². The Balaban J connectivity index is 2.26. The van der Waals surface area contributed by atoms with E-state index < -0.39 is 5.79 Å². The molecule has 2 rings (SSSR count). The molecule has 118 valence electrons. The molecule has 1 aromatic rings. The molecule has 0 N–H and O–H groups in total. The standard InChI is InChI=1S/C17H26O4/c1-4-9-18-15-8-7-14(13-16(15)19-10-5-2)17(6-3)20-11-12-21-17/h7-8,13H,4-6,9-12H2,1-3H3. The Morgan fingerprint density at radius 3 is 2.14 bits per heavy atom. The first-order valence-electron chi connectivity index (χ1n) is 7.93. The predicted octanol–water partition coefficient (Wildman–Crippen LogP) is 3.87. The van der Waals surface area contributed by atoms with Crippen molar-refractivity contribution >= 4 is 0 Å². The van der Waals surface area contributed by atoms with Crippen LogP contribution in [0.25, 0.3) is 0 Å². The van der Waals surface area contributed by atoms with Gasteiger partial charge in [-0.2, -0.15) is 0 Å². The topological polar surface area (TPSA) is 36.9 Å². The predicted molar refractivity (Wildman–Crippen MR) is 81.9 cm³/mol. The zero-order chi connectivity index (χ0) is 15.1. The molecular formula is C17H26O4. The molecule has 4 heteroatoms. The Bertz CT molecular complexity index is 438. The monoisotopic (exact) mass is 294 g/mol. The van der Waals surface area contributed by atoms with E-state index in [0.29, 0.717) is 26.4 Å². The lowest BCUT2D eigenvalue weighted by molar-refractivity contribution is -0.167. The van der Waals surface area contributed by atoms with Crippen LogP contribution >= 0.6 is 0 Å². The summed E-state index contributed by atoms with van der Waals surface area (Å²) in [6.07, 6.45) is 2.71. The zero-order valence-corrected chi connectivity index (χ0v) is 13.3. The van der Waals surface area contributed by atoms with Crippen molar-refractivity contribution in [2.75, 3.05) is 26.4 Å². The van der Waals surface area contributed by atoms with Crippen LogP contribution in [0, 0.1) is 0 Å². The van der Waals surface area contributed by atoms with E-state index in [-0.39, 0.29) is 0 Å². The summed E-state index contributed by atoms with van der Waals surface area (Å²) in [4.78, 5) is 0. The largest absolute Gasteiger partial charge is 0.490 e. The van der Waals surface area contributed by atoms with Crippen LogP contribution < -0.4 is 9.47 Å². The average molecular weight is 294 g/mol. The van der Waals surface area contributed by atoms with Crippen LogP contribution in [0.3, 0.4) is 0 Å². The van der Waals surface area contributed by atoms with Gasteiger partial charge in [-0.3, -0.25) is 0 Å². The first-order valence-corrected chi connectivity index (χ1v) is 7.93. The van der Waals surface area contributed by atoms with Crippen LogP contribution in [-0.2, 0) is 15.3 Å². The van der Waals surface area contributed by atoms with E-state index in [2.05, 4.69) is 20.8 Å². The fourth-order valence-electron chi connectivity index (χ4n) is 2.43. The summed E-state index contributed by atoms with van der Waals surface area (Å²) in [5.41, 5.74) is 0.998. The molecule has 0 radical (unpaired) electrons. The maximum Gasteiger partial charge on any atom is 0.194 e. The van der Waals surface area contributed by atoms with Crippen LogP contribution in [-0.4, -0.2) is 26.4 Å². The third-order valence-corrected chi connectivity index (χ3v) is 3.53. The SMILES string of the molecule is CCCOc1ccc(C2(CC)OCCO2)cc1OCCC. The molecule has 0 atom stereocenters. The Hall–Kier alpha value is -1.26. The van der Waals surface area contributed by atoms with Gasteiger partial charge < -0.3 is 18.9 Å². The summed E-state index contributed by atoms with van der Waals surface area (Å²) in [6.45, 7) is 8.88. The quantitative estimate of drug-likeness (QED) is 0.729. The molecule has 0 bridgehead atoms. The maximum atomic E-state index is 5.84. The highest BCUT2D eigenvalue weighted by atomic mass is 16.7. The van der Waals surface area contributed by atoms with Crippen molar-refractivity contribution in [2.24, 2.45) is 0 Å². The third kappa shape index (κ3) is 3.69. The second-order valence-electron chi connectivity index (χ2n) is 5.16. The number of ether oxygens (including phenoxy) is 4. The van der Waals surface area contributed by atoms with Gasteiger partial charge in [-0.1, -0.05) is 20.8 Å². The molecule has 1 fully saturated rings. The first-order chi connectivity index (χ1) is 10.3. The van der Waals surface area contributed by atoms with Crippen molar-refractivity contribution in [3.8, 4) is 11.5 Å². The van der Waals surface area contributed by atoms with E-state index in [4.69, 9.17) is 18.9 Å². The van der Waals surface area contributed by atoms with Gasteiger partial charge in [0.25, 0.3) is 0 Å². The van der Waals surface area contributed by atoms with Gasteiger partial charge in [-0.05, 0) is 31.0 Å². The molecule has 0 aromatic heterocycles. The highest BCUT2D eigenvalue weighted by molar-refractivity contribution is 5.44. The maximum absolute atomic E-state index is 5.84. The Morgan fingerprint density at radius 2 is 1.57 bits per heavy atom. The summed E-state index contributed by atoms with van der Waals surface area (Å²) in [5.74, 6) is 0.932. The van der Waals surface area contributed by atoms with E-state index in [9.17, 15) is 0 Å². The molecule has 1 saturated heterocycles. The van der Waals surface area contributed by atoms with Crippen molar-refractivity contribution < 1.29 is 18.9 Å². The van der Waals surface area contributed by atoms with Crippen LogP contribution in [0.4, 0.5) is 0 Å². The Kier molecular flexibility index (Phi) is 5.88. The fourth-order valence-corrected chi connectivity index (χ4v) is 2.43. The van der Waals surface area contributed by atoms with Crippen molar-refractivity contribution in [1.29, 1.82) is 0 Å². The molecule has 4 nitrogen and oxygen atoms in total. The number of rotatable bonds is 8. The van der Waals surface area contributed by atoms with E-state index in [1.807, 2.05) is 18.2 Å². The van der Waals surface area contributed by atoms with Crippen molar-refractivity contribution in [3.05, 3.63) is 23.8 Å². The van der Waals surface area contributed by atoms with Gasteiger partial charge in [0.05, 0.1) is 26.4 Å². The van der Waals surface area contributed by atoms with Gasteiger partial charge in [0.15, 0.2) is 17.3 Å². The van der Waals surface area contributed by atoms with Crippen LogP contribution in [0.2, 0.25) is 0 Å². The second-order valence-corrected chi connectivity index (χ2v) is 5.16. The fraction of sp³-hybridized carbons (Fsp3) is 0.647. The van der Waals surface area contributed by atoms with E-state index in [1.54, 1.807) is 0 Å². The lowest BCUT2D eigenvalue weighted by atomic mass is 10.0. The molecule has 1 aromatic carbocycles. The van der Waals surface area contributed by atoms with Crippen LogP contribution in [0.1, 0.15) is 45.6 Å². The summed E-state index contributed by atoms with van der Waals surface area (Å²) in [7, 11) is 0. The highest BCUT2D eigenvalue weighted by Gasteiger charge is 2.37. The summed E-state index contributed by atoms with van der Waals surface area (Å²) in [6, 6.07) is 5.96. The van der Waals surface area contributed by atoms with Gasteiger partial charge in [0.2, 0.25) is 0 Å². The summed E-state index contributed by atoms with van der Waals surface area (Å²) >= 11 is 0. The van der Waals surface area contributed by atoms with Gasteiger partial charge in [-0.25, -0.2) is 0 Å². The zero-order valence-electron chi connectivity index (χ0n) is 13.3. The first kappa shape index (κ1) is 16.1. The Labute approximate surface area is 127 Å². The number of hydrogen-bond donors (Lipinski definition) is 0. The second kappa shape index (κ2) is 7.66. The molecule has 0 unspecified atom stereocenters. The van der Waals surface area contributed by atoms with Crippen LogP contribution in [0.5, 0.6) is 11.5 Å². The third-order valence-electron chi connectivity index (χ3n) is 3.53. The van der Waals surface area contributed by atoms with Crippen molar-refractivity contribution in [3.63, 3.8) is 0 Å². The minimum Gasteiger partial charge on any atom is -0.490 e. The van der Waals surface area contributed by atoms with E-state index >= 15 is 0 Å². The average Bonchev–Trinajstić information content (AvgIpc) is 3.01. The van der Waals surface area contributed by atoms with Gasteiger partial charge in [0.1, 0.15) is 0 Å². The Morgan fingerprint density at radius 1 is 0.952 bits per heavy atom. The van der Waals surface area contributed by atoms with Gasteiger partial charge >= 0.3 is 0 Å². The molecule has 0 saturated carbocycles.